The molecule has 1 aliphatic heterocycles. The maximum absolute atomic E-state index is 12.7. The van der Waals surface area contributed by atoms with Crippen LogP contribution in [0.25, 0.3) is 0 Å². The zero-order chi connectivity index (χ0) is 16.8. The number of benzene rings is 1. The molecule has 3 atom stereocenters. The summed E-state index contributed by atoms with van der Waals surface area (Å²) in [5.74, 6) is 0.827. The number of ether oxygens (including phenoxy) is 2. The molecule has 2 N–H and O–H groups in total. The number of carbonyl (C=O) groups is 1. The lowest BCUT2D eigenvalue weighted by atomic mass is 9.96. The fraction of sp³-hybridized carbons (Fsp3) is 0.611. The molecule has 1 heterocycles. The molecule has 0 aliphatic carbocycles. The molecule has 136 valence electrons. The van der Waals surface area contributed by atoms with Gasteiger partial charge in [0.15, 0.2) is 0 Å². The first-order valence-corrected chi connectivity index (χ1v) is 8.33. The highest BCUT2D eigenvalue weighted by molar-refractivity contribution is 5.85. The van der Waals surface area contributed by atoms with Crippen molar-refractivity contribution in [3.8, 4) is 5.75 Å². The second-order valence-electron chi connectivity index (χ2n) is 6.26. The van der Waals surface area contributed by atoms with E-state index in [9.17, 15) is 4.79 Å². The second kappa shape index (κ2) is 9.87. The van der Waals surface area contributed by atoms with Crippen LogP contribution in [0.3, 0.4) is 0 Å². The fourth-order valence-corrected chi connectivity index (χ4v) is 3.07. The lowest BCUT2D eigenvalue weighted by molar-refractivity contribution is -0.147. The molecule has 1 amide bonds. The summed E-state index contributed by atoms with van der Waals surface area (Å²) in [7, 11) is 1.64. The van der Waals surface area contributed by atoms with Crippen LogP contribution in [0, 0.1) is 0 Å². The van der Waals surface area contributed by atoms with Gasteiger partial charge >= 0.3 is 0 Å². The van der Waals surface area contributed by atoms with Crippen LogP contribution in [0.4, 0.5) is 0 Å². The van der Waals surface area contributed by atoms with E-state index < -0.39 is 6.10 Å². The first kappa shape index (κ1) is 20.7. The molecule has 0 radical (unpaired) electrons. The summed E-state index contributed by atoms with van der Waals surface area (Å²) in [5.41, 5.74) is 7.04. The normalized spacial score (nSPS) is 20.0. The average molecular weight is 357 g/mol. The maximum Gasteiger partial charge on any atom is 0.251 e. The van der Waals surface area contributed by atoms with Gasteiger partial charge in [-0.25, -0.2) is 0 Å². The molecule has 6 heteroatoms. The third-order valence-corrected chi connectivity index (χ3v) is 4.42. The summed E-state index contributed by atoms with van der Waals surface area (Å²) in [6, 6.07) is 7.80. The highest BCUT2D eigenvalue weighted by Crippen LogP contribution is 2.21. The molecule has 1 aliphatic rings. The van der Waals surface area contributed by atoms with Crippen molar-refractivity contribution in [1.29, 1.82) is 0 Å². The Labute approximate surface area is 150 Å². The Bertz CT molecular complexity index is 525. The van der Waals surface area contributed by atoms with Gasteiger partial charge in [-0.2, -0.15) is 0 Å². The van der Waals surface area contributed by atoms with E-state index in [-0.39, 0.29) is 30.4 Å². The van der Waals surface area contributed by atoms with E-state index in [1.807, 2.05) is 43.0 Å². The summed E-state index contributed by atoms with van der Waals surface area (Å²) >= 11 is 0. The lowest BCUT2D eigenvalue weighted by Crippen LogP contribution is -2.54. The van der Waals surface area contributed by atoms with Gasteiger partial charge in [-0.3, -0.25) is 4.79 Å². The van der Waals surface area contributed by atoms with Crippen LogP contribution in [0.1, 0.15) is 38.7 Å². The van der Waals surface area contributed by atoms with Gasteiger partial charge in [0, 0.05) is 18.6 Å². The van der Waals surface area contributed by atoms with E-state index in [4.69, 9.17) is 15.2 Å². The number of amides is 1. The van der Waals surface area contributed by atoms with E-state index in [1.54, 1.807) is 7.11 Å². The predicted octanol–water partition coefficient (Wildman–Crippen LogP) is 2.75. The van der Waals surface area contributed by atoms with Crippen molar-refractivity contribution in [2.75, 3.05) is 13.7 Å². The molecular formula is C18H29ClN2O3. The van der Waals surface area contributed by atoms with Crippen LogP contribution < -0.4 is 10.5 Å². The Morgan fingerprint density at radius 3 is 2.79 bits per heavy atom. The van der Waals surface area contributed by atoms with Gasteiger partial charge < -0.3 is 20.1 Å². The van der Waals surface area contributed by atoms with Gasteiger partial charge in [-0.1, -0.05) is 12.1 Å². The SMILES string of the molecule is COc1cccc(COC(C)C(=O)N2CCCCC2C(C)N)c1.Cl. The first-order chi connectivity index (χ1) is 11.0. The highest BCUT2D eigenvalue weighted by Gasteiger charge is 2.31. The van der Waals surface area contributed by atoms with Crippen molar-refractivity contribution >= 4 is 18.3 Å². The number of halogens is 1. The van der Waals surface area contributed by atoms with Crippen molar-refractivity contribution in [3.05, 3.63) is 29.8 Å². The van der Waals surface area contributed by atoms with Crippen LogP contribution >= 0.6 is 12.4 Å². The zero-order valence-electron chi connectivity index (χ0n) is 14.7. The zero-order valence-corrected chi connectivity index (χ0v) is 15.6. The Morgan fingerprint density at radius 1 is 1.38 bits per heavy atom. The van der Waals surface area contributed by atoms with Crippen LogP contribution in [-0.4, -0.2) is 42.6 Å². The maximum atomic E-state index is 12.7. The van der Waals surface area contributed by atoms with Gasteiger partial charge in [-0.15, -0.1) is 12.4 Å². The number of hydrogen-bond donors (Lipinski definition) is 1. The number of methoxy groups -OCH3 is 1. The molecule has 1 saturated heterocycles. The highest BCUT2D eigenvalue weighted by atomic mass is 35.5. The minimum absolute atomic E-state index is 0. The van der Waals surface area contributed by atoms with E-state index in [1.165, 1.54) is 0 Å². The predicted molar refractivity (Wildman–Crippen MR) is 97.5 cm³/mol. The van der Waals surface area contributed by atoms with E-state index in [2.05, 4.69) is 0 Å². The van der Waals surface area contributed by atoms with Gasteiger partial charge in [0.25, 0.3) is 5.91 Å². The van der Waals surface area contributed by atoms with Crippen molar-refractivity contribution < 1.29 is 14.3 Å². The van der Waals surface area contributed by atoms with Crippen molar-refractivity contribution in [2.24, 2.45) is 5.73 Å². The van der Waals surface area contributed by atoms with Gasteiger partial charge in [-0.05, 0) is 50.8 Å². The Kier molecular flexibility index (Phi) is 8.53. The summed E-state index contributed by atoms with van der Waals surface area (Å²) in [5, 5.41) is 0. The molecule has 1 aromatic rings. The minimum Gasteiger partial charge on any atom is -0.497 e. The fourth-order valence-electron chi connectivity index (χ4n) is 3.07. The van der Waals surface area contributed by atoms with Gasteiger partial charge in [0.05, 0.1) is 13.7 Å². The number of likely N-dealkylation sites (tertiary alicyclic amines) is 1. The number of rotatable bonds is 6. The van der Waals surface area contributed by atoms with Crippen LogP contribution in [-0.2, 0) is 16.1 Å². The first-order valence-electron chi connectivity index (χ1n) is 8.33. The molecule has 1 fully saturated rings. The monoisotopic (exact) mass is 356 g/mol. The Morgan fingerprint density at radius 2 is 2.12 bits per heavy atom. The van der Waals surface area contributed by atoms with E-state index >= 15 is 0 Å². The quantitative estimate of drug-likeness (QED) is 0.851. The molecule has 24 heavy (non-hydrogen) atoms. The summed E-state index contributed by atoms with van der Waals surface area (Å²) < 4.78 is 11.0. The molecule has 0 saturated carbocycles. The van der Waals surface area contributed by atoms with Crippen molar-refractivity contribution in [3.63, 3.8) is 0 Å². The molecule has 0 bridgehead atoms. The lowest BCUT2D eigenvalue weighted by Gasteiger charge is -2.39. The minimum atomic E-state index is -0.472. The number of hydrogen-bond acceptors (Lipinski definition) is 4. The largest absolute Gasteiger partial charge is 0.497 e. The van der Waals surface area contributed by atoms with Gasteiger partial charge in [0.1, 0.15) is 11.9 Å². The average Bonchev–Trinajstić information content (AvgIpc) is 2.59. The molecule has 3 unspecified atom stereocenters. The number of carbonyl (C=O) groups excluding carboxylic acids is 1. The van der Waals surface area contributed by atoms with Crippen molar-refractivity contribution in [2.45, 2.75) is 57.9 Å². The van der Waals surface area contributed by atoms with E-state index in [0.717, 1.165) is 37.1 Å². The standard InChI is InChI=1S/C18H28N2O3.ClH/c1-13(19)17-9-4-5-10-20(17)18(21)14(2)23-12-15-7-6-8-16(11-15)22-3;/h6-8,11,13-14,17H,4-5,9-10,12,19H2,1-3H3;1H. The molecule has 2 rings (SSSR count). The third-order valence-electron chi connectivity index (χ3n) is 4.42. The second-order valence-corrected chi connectivity index (χ2v) is 6.26. The molecular weight excluding hydrogens is 328 g/mol. The number of nitrogens with two attached hydrogens (primary N) is 1. The topological polar surface area (TPSA) is 64.8 Å². The molecule has 5 nitrogen and oxygen atoms in total. The van der Waals surface area contributed by atoms with Gasteiger partial charge in [0.2, 0.25) is 0 Å². The van der Waals surface area contributed by atoms with E-state index in [0.29, 0.717) is 6.61 Å². The molecule has 0 spiro atoms. The number of nitrogens with zero attached hydrogens (tertiary/aromatic N) is 1. The van der Waals surface area contributed by atoms with Crippen LogP contribution in [0.2, 0.25) is 0 Å². The number of piperidine rings is 1. The summed E-state index contributed by atoms with van der Waals surface area (Å²) in [6.45, 7) is 4.95. The summed E-state index contributed by atoms with van der Waals surface area (Å²) in [4.78, 5) is 14.6. The summed E-state index contributed by atoms with van der Waals surface area (Å²) in [6.07, 6.45) is 2.68. The molecule has 1 aromatic carbocycles. The van der Waals surface area contributed by atoms with Crippen molar-refractivity contribution in [1.82, 2.24) is 4.90 Å². The van der Waals surface area contributed by atoms with Crippen LogP contribution in [0.15, 0.2) is 24.3 Å². The Balaban J connectivity index is 0.00000288. The Hall–Kier alpha value is -1.30. The smallest absolute Gasteiger partial charge is 0.251 e. The van der Waals surface area contributed by atoms with Crippen LogP contribution in [0.5, 0.6) is 5.75 Å². The molecule has 0 aromatic heterocycles. The third kappa shape index (κ3) is 5.36.